The molecule has 1 aromatic heterocycles. The average Bonchev–Trinajstić information content (AvgIpc) is 2.37. The van der Waals surface area contributed by atoms with Crippen molar-refractivity contribution in [1.29, 1.82) is 0 Å². The van der Waals surface area contributed by atoms with Crippen LogP contribution in [0.15, 0.2) is 14.7 Å². The molecule has 1 unspecified atom stereocenters. The predicted molar refractivity (Wildman–Crippen MR) is 77.8 cm³/mol. The molecule has 0 saturated carbocycles. The van der Waals surface area contributed by atoms with Gasteiger partial charge in [0.15, 0.2) is 5.16 Å². The lowest BCUT2D eigenvalue weighted by atomic mass is 10.2. The largest absolute Gasteiger partial charge is 0.339 e. The van der Waals surface area contributed by atoms with Gasteiger partial charge in [-0.05, 0) is 32.7 Å². The monoisotopic (exact) mass is 286 g/mol. The van der Waals surface area contributed by atoms with E-state index in [1.807, 2.05) is 0 Å². The second-order valence-electron chi connectivity index (χ2n) is 4.55. The number of nitrogens with one attached hydrogen (secondary N) is 2. The molecule has 108 valence electrons. The molecule has 0 spiro atoms. The highest BCUT2D eigenvalue weighted by Gasteiger charge is 2.05. The van der Waals surface area contributed by atoms with E-state index in [4.69, 9.17) is 0 Å². The first-order valence-corrected chi connectivity index (χ1v) is 7.56. The highest BCUT2D eigenvalue weighted by Crippen LogP contribution is 2.14. The number of nitrogens with zero attached hydrogens (tertiary/aromatic N) is 2. The van der Waals surface area contributed by atoms with Crippen molar-refractivity contribution in [1.82, 2.24) is 20.1 Å². The number of H-pyrrole nitrogens is 1. The topological polar surface area (TPSA) is 79.8 Å². The Kier molecular flexibility index (Phi) is 6.86. The molecule has 6 nitrogen and oxygen atoms in total. The molecule has 0 aromatic carbocycles. The third-order valence-electron chi connectivity index (χ3n) is 2.70. The third kappa shape index (κ3) is 5.61. The van der Waals surface area contributed by atoms with Gasteiger partial charge in [-0.25, -0.2) is 0 Å². The fourth-order valence-electron chi connectivity index (χ4n) is 1.64. The van der Waals surface area contributed by atoms with Crippen molar-refractivity contribution in [2.75, 3.05) is 12.3 Å². The molecule has 0 fully saturated rings. The second kappa shape index (κ2) is 8.16. The first-order valence-electron chi connectivity index (χ1n) is 6.58. The van der Waals surface area contributed by atoms with Gasteiger partial charge in [0.1, 0.15) is 0 Å². The minimum Gasteiger partial charge on any atom is -0.314 e. The Balaban J connectivity index is 2.36. The number of aromatic amines is 1. The Morgan fingerprint density at radius 1 is 1.47 bits per heavy atom. The normalized spacial score (nSPS) is 12.6. The molecule has 0 aliphatic rings. The molecule has 0 aliphatic heterocycles. The van der Waals surface area contributed by atoms with Gasteiger partial charge in [-0.2, -0.15) is 4.98 Å². The van der Waals surface area contributed by atoms with Crippen molar-refractivity contribution < 1.29 is 0 Å². The summed E-state index contributed by atoms with van der Waals surface area (Å²) in [7, 11) is 1.68. The van der Waals surface area contributed by atoms with Gasteiger partial charge in [0.05, 0.1) is 0 Å². The van der Waals surface area contributed by atoms with Crippen LogP contribution in [0, 0.1) is 0 Å². The van der Waals surface area contributed by atoms with Crippen LogP contribution in [0.2, 0.25) is 0 Å². The number of rotatable bonds is 8. The summed E-state index contributed by atoms with van der Waals surface area (Å²) < 4.78 is 1.49. The van der Waals surface area contributed by atoms with Crippen LogP contribution < -0.4 is 16.4 Å². The van der Waals surface area contributed by atoms with Gasteiger partial charge < -0.3 is 5.32 Å². The maximum absolute atomic E-state index is 11.2. The van der Waals surface area contributed by atoms with Crippen LogP contribution in [-0.4, -0.2) is 33.1 Å². The first kappa shape index (κ1) is 16.0. The molecule has 1 rings (SSSR count). The van der Waals surface area contributed by atoms with Crippen LogP contribution in [0.3, 0.4) is 0 Å². The quantitative estimate of drug-likeness (QED) is 0.418. The molecule has 1 heterocycles. The van der Waals surface area contributed by atoms with E-state index in [1.165, 1.54) is 16.4 Å². The number of aryl methyl sites for hydroxylation is 1. The average molecular weight is 286 g/mol. The summed E-state index contributed by atoms with van der Waals surface area (Å²) in [6.45, 7) is 5.37. The van der Waals surface area contributed by atoms with E-state index in [2.05, 4.69) is 29.2 Å². The molecule has 0 bridgehead atoms. The zero-order chi connectivity index (χ0) is 14.3. The molecule has 1 atom stereocenters. The van der Waals surface area contributed by atoms with Crippen LogP contribution in [0.25, 0.3) is 0 Å². The molecular weight excluding hydrogens is 264 g/mol. The molecule has 1 aromatic rings. The SMILES string of the molecule is CCCNC(C)CCCSc1nc(=O)c(=O)[nH]n1C. The van der Waals surface area contributed by atoms with Gasteiger partial charge in [-0.3, -0.25) is 19.4 Å². The summed E-state index contributed by atoms with van der Waals surface area (Å²) in [4.78, 5) is 26.0. The van der Waals surface area contributed by atoms with E-state index in [9.17, 15) is 9.59 Å². The van der Waals surface area contributed by atoms with E-state index >= 15 is 0 Å². The summed E-state index contributed by atoms with van der Waals surface area (Å²) in [6.07, 6.45) is 3.27. The van der Waals surface area contributed by atoms with Gasteiger partial charge in [0.25, 0.3) is 0 Å². The fraction of sp³-hybridized carbons (Fsp3) is 0.750. The lowest BCUT2D eigenvalue weighted by molar-refractivity contribution is 0.509. The molecule has 7 heteroatoms. The van der Waals surface area contributed by atoms with Crippen LogP contribution >= 0.6 is 11.8 Å². The first-order chi connectivity index (χ1) is 9.04. The summed E-state index contributed by atoms with van der Waals surface area (Å²) in [5, 5.41) is 6.42. The molecule has 19 heavy (non-hydrogen) atoms. The summed E-state index contributed by atoms with van der Waals surface area (Å²) in [6, 6.07) is 0.507. The highest BCUT2D eigenvalue weighted by molar-refractivity contribution is 7.99. The van der Waals surface area contributed by atoms with E-state index in [1.54, 1.807) is 7.05 Å². The Bertz CT molecular complexity index is 497. The zero-order valence-corrected chi connectivity index (χ0v) is 12.5. The molecule has 0 saturated heterocycles. The lowest BCUT2D eigenvalue weighted by Gasteiger charge is -2.12. The third-order valence-corrected chi connectivity index (χ3v) is 3.82. The number of hydrogen-bond acceptors (Lipinski definition) is 5. The number of hydrogen-bond donors (Lipinski definition) is 2. The Morgan fingerprint density at radius 3 is 2.89 bits per heavy atom. The Hall–Kier alpha value is -1.08. The smallest absolute Gasteiger partial charge is 0.314 e. The maximum Gasteiger partial charge on any atom is 0.339 e. The van der Waals surface area contributed by atoms with E-state index in [0.29, 0.717) is 11.2 Å². The van der Waals surface area contributed by atoms with Crippen molar-refractivity contribution in [3.8, 4) is 0 Å². The van der Waals surface area contributed by atoms with Gasteiger partial charge in [0, 0.05) is 18.8 Å². The maximum atomic E-state index is 11.2. The van der Waals surface area contributed by atoms with Gasteiger partial charge in [0.2, 0.25) is 0 Å². The number of thioether (sulfide) groups is 1. The van der Waals surface area contributed by atoms with Crippen LogP contribution in [0.4, 0.5) is 0 Å². The molecular formula is C12H22N4O2S. The lowest BCUT2D eigenvalue weighted by Crippen LogP contribution is -2.33. The van der Waals surface area contributed by atoms with E-state index < -0.39 is 11.1 Å². The Labute approximate surface area is 117 Å². The van der Waals surface area contributed by atoms with Gasteiger partial charge in [-0.1, -0.05) is 18.7 Å². The van der Waals surface area contributed by atoms with Gasteiger partial charge in [-0.15, -0.1) is 0 Å². The van der Waals surface area contributed by atoms with Crippen molar-refractivity contribution in [3.63, 3.8) is 0 Å². The van der Waals surface area contributed by atoms with Crippen molar-refractivity contribution in [2.45, 2.75) is 44.3 Å². The van der Waals surface area contributed by atoms with E-state index in [-0.39, 0.29) is 0 Å². The van der Waals surface area contributed by atoms with Gasteiger partial charge >= 0.3 is 11.1 Å². The van der Waals surface area contributed by atoms with E-state index in [0.717, 1.165) is 31.6 Å². The van der Waals surface area contributed by atoms with Crippen LogP contribution in [0.5, 0.6) is 0 Å². The molecule has 0 amide bonds. The standard InChI is InChI=1S/C12H22N4O2S/c1-4-7-13-9(2)6-5-8-19-12-14-10(17)11(18)15-16(12)3/h9,13H,4-8H2,1-3H3,(H,15,18). The second-order valence-corrected chi connectivity index (χ2v) is 5.61. The zero-order valence-electron chi connectivity index (χ0n) is 11.7. The molecule has 2 N–H and O–H groups in total. The summed E-state index contributed by atoms with van der Waals surface area (Å²) in [5.74, 6) is 0.879. The Morgan fingerprint density at radius 2 is 2.21 bits per heavy atom. The summed E-state index contributed by atoms with van der Waals surface area (Å²) >= 11 is 1.49. The van der Waals surface area contributed by atoms with Crippen molar-refractivity contribution >= 4 is 11.8 Å². The van der Waals surface area contributed by atoms with Crippen LogP contribution in [0.1, 0.15) is 33.1 Å². The molecule has 0 radical (unpaired) electrons. The minimum absolute atomic E-state index is 0.507. The minimum atomic E-state index is -0.724. The number of aromatic nitrogens is 3. The summed E-state index contributed by atoms with van der Waals surface area (Å²) in [5.41, 5.74) is -1.40. The highest BCUT2D eigenvalue weighted by atomic mass is 32.2. The molecule has 0 aliphatic carbocycles. The van der Waals surface area contributed by atoms with Crippen molar-refractivity contribution in [3.05, 3.63) is 20.7 Å². The fourth-order valence-corrected chi connectivity index (χ4v) is 2.52. The van der Waals surface area contributed by atoms with Crippen molar-refractivity contribution in [2.24, 2.45) is 7.05 Å². The van der Waals surface area contributed by atoms with Crippen LogP contribution in [-0.2, 0) is 7.05 Å². The predicted octanol–water partition coefficient (Wildman–Crippen LogP) is 0.729.